The predicted molar refractivity (Wildman–Crippen MR) is 87.3 cm³/mol. The van der Waals surface area contributed by atoms with Crippen molar-refractivity contribution in [1.29, 1.82) is 0 Å². The molecule has 124 valence electrons. The van der Waals surface area contributed by atoms with Crippen LogP contribution >= 0.6 is 0 Å². The third-order valence-corrected chi connectivity index (χ3v) is 4.89. The van der Waals surface area contributed by atoms with Crippen molar-refractivity contribution in [1.82, 2.24) is 9.80 Å². The number of likely N-dealkylation sites (tertiary alicyclic amines) is 1. The van der Waals surface area contributed by atoms with Crippen LogP contribution in [0.3, 0.4) is 0 Å². The van der Waals surface area contributed by atoms with E-state index in [-0.39, 0.29) is 23.8 Å². The van der Waals surface area contributed by atoms with Gasteiger partial charge in [0.25, 0.3) is 0 Å². The molecule has 1 aromatic carbocycles. The Bertz CT molecular complexity index is 598. The summed E-state index contributed by atoms with van der Waals surface area (Å²) in [7, 11) is 0. The summed E-state index contributed by atoms with van der Waals surface area (Å²) in [5, 5.41) is 0. The Hall–Kier alpha value is -2.04. The van der Waals surface area contributed by atoms with Crippen molar-refractivity contribution >= 4 is 11.8 Å². The van der Waals surface area contributed by atoms with E-state index in [1.807, 2.05) is 43.0 Å². The predicted octanol–water partition coefficient (Wildman–Crippen LogP) is 2.02. The van der Waals surface area contributed by atoms with Crippen molar-refractivity contribution in [3.63, 3.8) is 0 Å². The summed E-state index contributed by atoms with van der Waals surface area (Å²) in [6, 6.07) is 7.37. The average Bonchev–Trinajstić information content (AvgIpc) is 3.22. The molecule has 5 heteroatoms. The van der Waals surface area contributed by atoms with Crippen molar-refractivity contribution in [3.8, 4) is 5.75 Å². The molecule has 0 spiro atoms. The molecule has 0 radical (unpaired) electrons. The lowest BCUT2D eigenvalue weighted by Gasteiger charge is -2.30. The van der Waals surface area contributed by atoms with Gasteiger partial charge in [0.1, 0.15) is 24.3 Å². The van der Waals surface area contributed by atoms with E-state index < -0.39 is 0 Å². The van der Waals surface area contributed by atoms with Gasteiger partial charge in [-0.1, -0.05) is 18.2 Å². The first-order valence-electron chi connectivity index (χ1n) is 8.48. The van der Waals surface area contributed by atoms with Crippen molar-refractivity contribution < 1.29 is 14.3 Å². The molecule has 0 aromatic heterocycles. The van der Waals surface area contributed by atoms with E-state index in [1.165, 1.54) is 0 Å². The van der Waals surface area contributed by atoms with Gasteiger partial charge in [0.2, 0.25) is 11.8 Å². The molecule has 0 aliphatic carbocycles. The number of carbonyl (C=O) groups is 2. The lowest BCUT2D eigenvalue weighted by molar-refractivity contribution is -0.144. The second-order valence-electron chi connectivity index (χ2n) is 6.10. The molecule has 1 fully saturated rings. The molecule has 2 atom stereocenters. The summed E-state index contributed by atoms with van der Waals surface area (Å²) < 4.78 is 5.63. The monoisotopic (exact) mass is 316 g/mol. The van der Waals surface area contributed by atoms with E-state index in [0.29, 0.717) is 26.2 Å². The maximum Gasteiger partial charge on any atom is 0.245 e. The minimum Gasteiger partial charge on any atom is -0.492 e. The van der Waals surface area contributed by atoms with E-state index >= 15 is 0 Å². The third kappa shape index (κ3) is 2.80. The number of para-hydroxylation sites is 1. The number of amides is 2. The highest BCUT2D eigenvalue weighted by molar-refractivity contribution is 5.92. The van der Waals surface area contributed by atoms with Crippen LogP contribution in [0.5, 0.6) is 5.75 Å². The maximum atomic E-state index is 13.0. The number of ether oxygens (including phenoxy) is 1. The Morgan fingerprint density at radius 2 is 2.00 bits per heavy atom. The Kier molecular flexibility index (Phi) is 4.55. The Labute approximate surface area is 137 Å². The van der Waals surface area contributed by atoms with E-state index in [4.69, 9.17) is 4.74 Å². The molecule has 2 heterocycles. The number of nitrogens with zero attached hydrogens (tertiary/aromatic N) is 2. The number of hydrogen-bond donors (Lipinski definition) is 0. The Balaban J connectivity index is 1.78. The molecule has 0 N–H and O–H groups in total. The van der Waals surface area contributed by atoms with E-state index in [0.717, 1.165) is 24.2 Å². The highest BCUT2D eigenvalue weighted by Crippen LogP contribution is 2.36. The molecule has 5 nitrogen and oxygen atoms in total. The van der Waals surface area contributed by atoms with Crippen LogP contribution in [0.4, 0.5) is 0 Å². The van der Waals surface area contributed by atoms with Crippen molar-refractivity contribution in [3.05, 3.63) is 29.8 Å². The van der Waals surface area contributed by atoms with Crippen LogP contribution in [0.1, 0.15) is 38.2 Å². The first-order chi connectivity index (χ1) is 11.2. The number of hydrogen-bond acceptors (Lipinski definition) is 3. The number of carbonyl (C=O) groups excluding carboxylic acids is 2. The van der Waals surface area contributed by atoms with Crippen molar-refractivity contribution in [2.24, 2.45) is 0 Å². The zero-order valence-corrected chi connectivity index (χ0v) is 13.8. The van der Waals surface area contributed by atoms with Gasteiger partial charge < -0.3 is 14.5 Å². The number of fused-ring (bicyclic) bond motifs is 1. The summed E-state index contributed by atoms with van der Waals surface area (Å²) in [6.07, 6.45) is 1.65. The van der Waals surface area contributed by atoms with Gasteiger partial charge in [-0.2, -0.15) is 0 Å². The minimum atomic E-state index is -0.310. The SMILES string of the molecule is CCN(CC)C(=O)C1CCCN1C(=O)C1COc2ccccc21. The third-order valence-electron chi connectivity index (χ3n) is 4.89. The van der Waals surface area contributed by atoms with Gasteiger partial charge in [-0.3, -0.25) is 9.59 Å². The Morgan fingerprint density at radius 3 is 2.74 bits per heavy atom. The molecule has 23 heavy (non-hydrogen) atoms. The normalized spacial score (nSPS) is 22.6. The molecule has 2 unspecified atom stereocenters. The summed E-state index contributed by atoms with van der Waals surface area (Å²) >= 11 is 0. The quantitative estimate of drug-likeness (QED) is 0.854. The fraction of sp³-hybridized carbons (Fsp3) is 0.556. The highest BCUT2D eigenvalue weighted by atomic mass is 16.5. The molecule has 2 amide bonds. The highest BCUT2D eigenvalue weighted by Gasteiger charge is 2.41. The zero-order valence-electron chi connectivity index (χ0n) is 13.8. The molecule has 0 saturated carbocycles. The second kappa shape index (κ2) is 6.60. The molecule has 1 saturated heterocycles. The van der Waals surface area contributed by atoms with E-state index in [2.05, 4.69) is 0 Å². The van der Waals surface area contributed by atoms with Gasteiger partial charge in [0.15, 0.2) is 0 Å². The molecule has 2 aliphatic rings. The van der Waals surface area contributed by atoms with Gasteiger partial charge in [-0.25, -0.2) is 0 Å². The topological polar surface area (TPSA) is 49.9 Å². The molecule has 0 bridgehead atoms. The van der Waals surface area contributed by atoms with Gasteiger partial charge in [-0.05, 0) is 32.8 Å². The van der Waals surface area contributed by atoms with Gasteiger partial charge in [0, 0.05) is 25.2 Å². The molecular weight excluding hydrogens is 292 g/mol. The maximum absolute atomic E-state index is 13.0. The molecule has 2 aliphatic heterocycles. The second-order valence-corrected chi connectivity index (χ2v) is 6.10. The van der Waals surface area contributed by atoms with Crippen LogP contribution in [0.25, 0.3) is 0 Å². The van der Waals surface area contributed by atoms with Gasteiger partial charge in [0.05, 0.1) is 0 Å². The summed E-state index contributed by atoms with van der Waals surface area (Å²) in [5.41, 5.74) is 0.943. The number of benzene rings is 1. The van der Waals surface area contributed by atoms with E-state index in [9.17, 15) is 9.59 Å². The fourth-order valence-corrected chi connectivity index (χ4v) is 3.60. The molecule has 3 rings (SSSR count). The lowest BCUT2D eigenvalue weighted by atomic mass is 9.99. The van der Waals surface area contributed by atoms with Crippen LogP contribution in [0.2, 0.25) is 0 Å². The van der Waals surface area contributed by atoms with Crippen molar-refractivity contribution in [2.45, 2.75) is 38.6 Å². The van der Waals surface area contributed by atoms with E-state index in [1.54, 1.807) is 4.90 Å². The average molecular weight is 316 g/mol. The summed E-state index contributed by atoms with van der Waals surface area (Å²) in [4.78, 5) is 29.3. The first-order valence-corrected chi connectivity index (χ1v) is 8.48. The standard InChI is InChI=1S/C18H24N2O3/c1-3-19(4-2)18(22)15-9-7-11-20(15)17(21)14-12-23-16-10-6-5-8-13(14)16/h5-6,8,10,14-15H,3-4,7,9,11-12H2,1-2H3. The Morgan fingerprint density at radius 1 is 1.26 bits per heavy atom. The van der Waals surface area contributed by atoms with Crippen LogP contribution < -0.4 is 4.74 Å². The molecule has 1 aromatic rings. The van der Waals surface area contributed by atoms with Crippen LogP contribution in [-0.4, -0.2) is 53.9 Å². The minimum absolute atomic E-state index is 0.0259. The van der Waals surface area contributed by atoms with Crippen molar-refractivity contribution in [2.75, 3.05) is 26.2 Å². The van der Waals surface area contributed by atoms with Crippen LogP contribution in [0.15, 0.2) is 24.3 Å². The number of rotatable bonds is 4. The zero-order chi connectivity index (χ0) is 16.4. The van der Waals surface area contributed by atoms with Crippen LogP contribution in [0, 0.1) is 0 Å². The summed E-state index contributed by atoms with van der Waals surface area (Å²) in [6.45, 7) is 6.36. The first kappa shape index (κ1) is 15.8. The largest absolute Gasteiger partial charge is 0.492 e. The van der Waals surface area contributed by atoms with Crippen LogP contribution in [-0.2, 0) is 9.59 Å². The smallest absolute Gasteiger partial charge is 0.245 e. The molecular formula is C18H24N2O3. The fourth-order valence-electron chi connectivity index (χ4n) is 3.60. The van der Waals surface area contributed by atoms with Gasteiger partial charge in [-0.15, -0.1) is 0 Å². The summed E-state index contributed by atoms with van der Waals surface area (Å²) in [5.74, 6) is 0.610. The number of likely N-dealkylation sites (N-methyl/N-ethyl adjacent to an activating group) is 1. The lowest BCUT2D eigenvalue weighted by Crippen LogP contribution is -2.49. The van der Waals surface area contributed by atoms with Gasteiger partial charge >= 0.3 is 0 Å².